The van der Waals surface area contributed by atoms with Gasteiger partial charge >= 0.3 is 0 Å². The van der Waals surface area contributed by atoms with Crippen LogP contribution in [0.15, 0.2) is 0 Å². The highest BCUT2D eigenvalue weighted by Crippen LogP contribution is 2.39. The normalized spacial score (nSPS) is 22.6. The summed E-state index contributed by atoms with van der Waals surface area (Å²) in [6.45, 7) is 10.9. The van der Waals surface area contributed by atoms with E-state index in [-0.39, 0.29) is 5.60 Å². The van der Waals surface area contributed by atoms with Crippen molar-refractivity contribution in [3.05, 3.63) is 0 Å². The fraction of sp³-hybridized carbons (Fsp3) is 1.00. The Morgan fingerprint density at radius 1 is 1.18 bits per heavy atom. The molecule has 1 saturated carbocycles. The van der Waals surface area contributed by atoms with Crippen molar-refractivity contribution < 1.29 is 4.74 Å². The van der Waals surface area contributed by atoms with Crippen molar-refractivity contribution >= 4 is 0 Å². The fourth-order valence-corrected chi connectivity index (χ4v) is 3.55. The zero-order chi connectivity index (χ0) is 12.7. The highest BCUT2D eigenvalue weighted by atomic mass is 16.5. The lowest BCUT2D eigenvalue weighted by Crippen LogP contribution is -2.54. The Balaban J connectivity index is 2.76. The molecule has 0 saturated heterocycles. The minimum absolute atomic E-state index is 0.124. The third kappa shape index (κ3) is 3.69. The van der Waals surface area contributed by atoms with Gasteiger partial charge in [0.25, 0.3) is 0 Å². The summed E-state index contributed by atoms with van der Waals surface area (Å²) < 4.78 is 6.21. The molecule has 2 atom stereocenters. The predicted molar refractivity (Wildman–Crippen MR) is 74.4 cm³/mol. The fourth-order valence-electron chi connectivity index (χ4n) is 3.55. The van der Waals surface area contributed by atoms with Gasteiger partial charge in [-0.05, 0) is 38.6 Å². The van der Waals surface area contributed by atoms with Gasteiger partial charge in [-0.3, -0.25) is 0 Å². The van der Waals surface area contributed by atoms with Crippen LogP contribution < -0.4 is 5.32 Å². The number of likely N-dealkylation sites (N-methyl/N-ethyl adjacent to an activating group) is 1. The Hall–Kier alpha value is -0.0800. The lowest BCUT2D eigenvalue weighted by Gasteiger charge is -2.41. The second kappa shape index (κ2) is 7.38. The van der Waals surface area contributed by atoms with E-state index in [1.807, 2.05) is 0 Å². The van der Waals surface area contributed by atoms with Gasteiger partial charge in [-0.25, -0.2) is 0 Å². The largest absolute Gasteiger partial charge is 0.374 e. The lowest BCUT2D eigenvalue weighted by molar-refractivity contribution is -0.0740. The van der Waals surface area contributed by atoms with Gasteiger partial charge in [0.1, 0.15) is 0 Å². The molecule has 0 amide bonds. The van der Waals surface area contributed by atoms with Crippen molar-refractivity contribution in [2.45, 2.75) is 77.9 Å². The van der Waals surface area contributed by atoms with E-state index in [4.69, 9.17) is 4.74 Å². The Kier molecular flexibility index (Phi) is 6.50. The van der Waals surface area contributed by atoms with Crippen LogP contribution in [-0.2, 0) is 4.74 Å². The quantitative estimate of drug-likeness (QED) is 0.699. The molecule has 2 unspecified atom stereocenters. The molecule has 0 spiro atoms. The van der Waals surface area contributed by atoms with Crippen molar-refractivity contribution in [3.8, 4) is 0 Å². The van der Waals surface area contributed by atoms with Gasteiger partial charge in [-0.1, -0.05) is 40.0 Å². The first kappa shape index (κ1) is 15.0. The number of hydrogen-bond donors (Lipinski definition) is 1. The van der Waals surface area contributed by atoms with Crippen LogP contribution in [0.2, 0.25) is 0 Å². The van der Waals surface area contributed by atoms with Crippen molar-refractivity contribution in [3.63, 3.8) is 0 Å². The van der Waals surface area contributed by atoms with E-state index >= 15 is 0 Å². The predicted octanol–water partition coefficient (Wildman–Crippen LogP) is 3.75. The smallest absolute Gasteiger partial charge is 0.0837 e. The molecule has 0 heterocycles. The summed E-state index contributed by atoms with van der Waals surface area (Å²) in [5, 5.41) is 3.71. The molecule has 2 heteroatoms. The molecular formula is C15H31NO. The van der Waals surface area contributed by atoms with Crippen molar-refractivity contribution in [1.82, 2.24) is 5.32 Å². The van der Waals surface area contributed by atoms with E-state index in [0.29, 0.717) is 12.0 Å². The van der Waals surface area contributed by atoms with Crippen LogP contribution in [0, 0.1) is 5.92 Å². The Morgan fingerprint density at radius 2 is 1.82 bits per heavy atom. The van der Waals surface area contributed by atoms with Gasteiger partial charge in [0.05, 0.1) is 5.60 Å². The number of hydrogen-bond acceptors (Lipinski definition) is 2. The van der Waals surface area contributed by atoms with E-state index < -0.39 is 0 Å². The van der Waals surface area contributed by atoms with Gasteiger partial charge in [0.2, 0.25) is 0 Å². The maximum atomic E-state index is 6.21. The van der Waals surface area contributed by atoms with Crippen LogP contribution in [0.3, 0.4) is 0 Å². The standard InChI is InChI=1S/C15H31NO/c1-5-10-13(4)14(16-6-2)15(17-7-3)11-8-9-12-15/h13-14,16H,5-12H2,1-4H3. The summed E-state index contributed by atoms with van der Waals surface area (Å²) in [4.78, 5) is 0. The summed E-state index contributed by atoms with van der Waals surface area (Å²) in [6.07, 6.45) is 7.72. The highest BCUT2D eigenvalue weighted by molar-refractivity contribution is 4.99. The van der Waals surface area contributed by atoms with Crippen LogP contribution in [0.25, 0.3) is 0 Å². The SMILES string of the molecule is CCCC(C)C(NCC)C1(OCC)CCCC1. The number of nitrogens with one attached hydrogen (secondary N) is 1. The molecule has 1 aliphatic carbocycles. The molecule has 0 aromatic rings. The summed E-state index contributed by atoms with van der Waals surface area (Å²) in [6, 6.07) is 0.537. The summed E-state index contributed by atoms with van der Waals surface area (Å²) >= 11 is 0. The van der Waals surface area contributed by atoms with Crippen molar-refractivity contribution in [2.75, 3.05) is 13.2 Å². The van der Waals surface area contributed by atoms with E-state index in [2.05, 4.69) is 33.0 Å². The number of rotatable bonds is 8. The molecule has 0 radical (unpaired) electrons. The molecule has 17 heavy (non-hydrogen) atoms. The molecular weight excluding hydrogens is 210 g/mol. The van der Waals surface area contributed by atoms with E-state index in [0.717, 1.165) is 13.2 Å². The molecule has 1 fully saturated rings. The van der Waals surface area contributed by atoms with Crippen LogP contribution in [0.4, 0.5) is 0 Å². The molecule has 1 aliphatic rings. The molecule has 1 rings (SSSR count). The topological polar surface area (TPSA) is 21.3 Å². The second-order valence-electron chi connectivity index (χ2n) is 5.51. The van der Waals surface area contributed by atoms with E-state index in [1.54, 1.807) is 0 Å². The first-order valence-electron chi connectivity index (χ1n) is 7.57. The third-order valence-corrected chi connectivity index (χ3v) is 4.19. The average molecular weight is 241 g/mol. The molecule has 0 bridgehead atoms. The van der Waals surface area contributed by atoms with Gasteiger partial charge < -0.3 is 10.1 Å². The molecule has 2 nitrogen and oxygen atoms in total. The monoisotopic (exact) mass is 241 g/mol. The third-order valence-electron chi connectivity index (χ3n) is 4.19. The van der Waals surface area contributed by atoms with Crippen LogP contribution >= 0.6 is 0 Å². The molecule has 0 aromatic heterocycles. The zero-order valence-electron chi connectivity index (χ0n) is 12.2. The van der Waals surface area contributed by atoms with Gasteiger partial charge in [0.15, 0.2) is 0 Å². The average Bonchev–Trinajstić information content (AvgIpc) is 2.76. The molecule has 0 aromatic carbocycles. The Bertz CT molecular complexity index is 199. The maximum Gasteiger partial charge on any atom is 0.0837 e. The van der Waals surface area contributed by atoms with E-state index in [1.165, 1.54) is 38.5 Å². The maximum absolute atomic E-state index is 6.21. The molecule has 102 valence electrons. The van der Waals surface area contributed by atoms with Gasteiger partial charge in [-0.15, -0.1) is 0 Å². The van der Waals surface area contributed by atoms with Crippen molar-refractivity contribution in [2.24, 2.45) is 5.92 Å². The Morgan fingerprint density at radius 3 is 2.29 bits per heavy atom. The van der Waals surface area contributed by atoms with Gasteiger partial charge in [-0.2, -0.15) is 0 Å². The lowest BCUT2D eigenvalue weighted by atomic mass is 9.81. The Labute approximate surface area is 108 Å². The zero-order valence-corrected chi connectivity index (χ0v) is 12.2. The molecule has 1 N–H and O–H groups in total. The minimum Gasteiger partial charge on any atom is -0.374 e. The summed E-state index contributed by atoms with van der Waals surface area (Å²) in [7, 11) is 0. The first-order chi connectivity index (χ1) is 8.20. The van der Waals surface area contributed by atoms with Crippen LogP contribution in [-0.4, -0.2) is 24.8 Å². The second-order valence-corrected chi connectivity index (χ2v) is 5.51. The summed E-state index contributed by atoms with van der Waals surface area (Å²) in [5.41, 5.74) is 0.124. The summed E-state index contributed by atoms with van der Waals surface area (Å²) in [5.74, 6) is 0.713. The highest BCUT2D eigenvalue weighted by Gasteiger charge is 2.43. The van der Waals surface area contributed by atoms with Crippen molar-refractivity contribution in [1.29, 1.82) is 0 Å². The molecule has 0 aliphatic heterocycles. The van der Waals surface area contributed by atoms with Gasteiger partial charge in [0, 0.05) is 12.6 Å². The first-order valence-corrected chi connectivity index (χ1v) is 7.57. The minimum atomic E-state index is 0.124. The van der Waals surface area contributed by atoms with Crippen LogP contribution in [0.1, 0.15) is 66.2 Å². The van der Waals surface area contributed by atoms with Crippen LogP contribution in [0.5, 0.6) is 0 Å². The number of ether oxygens (including phenoxy) is 1. The van der Waals surface area contributed by atoms with E-state index in [9.17, 15) is 0 Å².